The zero-order valence-corrected chi connectivity index (χ0v) is 13.3. The standard InChI is InChI=1S/C17H30N2O/c1-4-13-18-16(15-10-9-14-20-15)17(19(2)3)11-7-5-6-8-12-17/h9-10,14,16,18H,4-8,11-13H2,1-3H3. The van der Waals surface area contributed by atoms with E-state index in [4.69, 9.17) is 4.42 Å². The summed E-state index contributed by atoms with van der Waals surface area (Å²) in [4.78, 5) is 2.44. The van der Waals surface area contributed by atoms with Gasteiger partial charge in [-0.2, -0.15) is 0 Å². The van der Waals surface area contributed by atoms with Crippen LogP contribution in [0.3, 0.4) is 0 Å². The van der Waals surface area contributed by atoms with Gasteiger partial charge >= 0.3 is 0 Å². The maximum absolute atomic E-state index is 5.77. The van der Waals surface area contributed by atoms with Crippen LogP contribution in [0.4, 0.5) is 0 Å². The van der Waals surface area contributed by atoms with E-state index in [0.717, 1.165) is 18.7 Å². The van der Waals surface area contributed by atoms with Gasteiger partial charge in [0, 0.05) is 5.54 Å². The number of nitrogens with zero attached hydrogens (tertiary/aromatic N) is 1. The molecule has 20 heavy (non-hydrogen) atoms. The maximum Gasteiger partial charge on any atom is 0.122 e. The highest BCUT2D eigenvalue weighted by molar-refractivity contribution is 5.14. The molecule has 1 aliphatic carbocycles. The molecule has 1 aliphatic rings. The molecule has 1 N–H and O–H groups in total. The number of nitrogens with one attached hydrogen (secondary N) is 1. The van der Waals surface area contributed by atoms with Gasteiger partial charge in [-0.05, 0) is 52.0 Å². The lowest BCUT2D eigenvalue weighted by atomic mass is 9.80. The monoisotopic (exact) mass is 278 g/mol. The van der Waals surface area contributed by atoms with Crippen molar-refractivity contribution in [2.24, 2.45) is 0 Å². The molecule has 3 heteroatoms. The highest BCUT2D eigenvalue weighted by Gasteiger charge is 2.42. The predicted molar refractivity (Wildman–Crippen MR) is 83.9 cm³/mol. The molecule has 0 aliphatic heterocycles. The lowest BCUT2D eigenvalue weighted by molar-refractivity contribution is 0.0701. The molecule has 2 rings (SSSR count). The van der Waals surface area contributed by atoms with E-state index in [-0.39, 0.29) is 5.54 Å². The molecule has 3 nitrogen and oxygen atoms in total. The number of hydrogen-bond acceptors (Lipinski definition) is 3. The van der Waals surface area contributed by atoms with E-state index < -0.39 is 0 Å². The Balaban J connectivity index is 2.30. The zero-order chi connectivity index (χ0) is 14.4. The topological polar surface area (TPSA) is 28.4 Å². The van der Waals surface area contributed by atoms with Gasteiger partial charge < -0.3 is 14.6 Å². The van der Waals surface area contributed by atoms with E-state index >= 15 is 0 Å². The summed E-state index contributed by atoms with van der Waals surface area (Å²) in [6, 6.07) is 4.44. The van der Waals surface area contributed by atoms with Crippen molar-refractivity contribution in [1.29, 1.82) is 0 Å². The number of likely N-dealkylation sites (N-methyl/N-ethyl adjacent to an activating group) is 1. The van der Waals surface area contributed by atoms with Crippen molar-refractivity contribution < 1.29 is 4.42 Å². The highest BCUT2D eigenvalue weighted by Crippen LogP contribution is 2.41. The second kappa shape index (κ2) is 7.28. The Morgan fingerprint density at radius 3 is 2.45 bits per heavy atom. The number of rotatable bonds is 6. The van der Waals surface area contributed by atoms with E-state index in [9.17, 15) is 0 Å². The molecule has 0 radical (unpaired) electrons. The molecule has 1 aromatic heterocycles. The highest BCUT2D eigenvalue weighted by atomic mass is 16.3. The van der Waals surface area contributed by atoms with Crippen LogP contribution in [0.25, 0.3) is 0 Å². The smallest absolute Gasteiger partial charge is 0.122 e. The Bertz CT molecular complexity index is 364. The van der Waals surface area contributed by atoms with Gasteiger partial charge in [0.25, 0.3) is 0 Å². The minimum atomic E-state index is 0.184. The van der Waals surface area contributed by atoms with Gasteiger partial charge in [0.05, 0.1) is 12.3 Å². The molecular formula is C17H30N2O. The fraction of sp³-hybridized carbons (Fsp3) is 0.765. The van der Waals surface area contributed by atoms with E-state index in [1.165, 1.54) is 38.5 Å². The van der Waals surface area contributed by atoms with Crippen molar-refractivity contribution >= 4 is 0 Å². The van der Waals surface area contributed by atoms with E-state index in [2.05, 4.69) is 37.3 Å². The van der Waals surface area contributed by atoms with Crippen LogP contribution in [0.5, 0.6) is 0 Å². The summed E-state index contributed by atoms with van der Waals surface area (Å²) in [6.07, 6.45) is 10.8. The molecule has 1 atom stereocenters. The third-order valence-electron chi connectivity index (χ3n) is 4.82. The van der Waals surface area contributed by atoms with Gasteiger partial charge in [-0.15, -0.1) is 0 Å². The largest absolute Gasteiger partial charge is 0.468 e. The van der Waals surface area contributed by atoms with Crippen LogP contribution in [0.15, 0.2) is 22.8 Å². The van der Waals surface area contributed by atoms with Crippen LogP contribution in [-0.4, -0.2) is 31.1 Å². The fourth-order valence-corrected chi connectivity index (χ4v) is 3.63. The van der Waals surface area contributed by atoms with Gasteiger partial charge in [0.1, 0.15) is 5.76 Å². The summed E-state index contributed by atoms with van der Waals surface area (Å²) in [5.41, 5.74) is 0.184. The first-order valence-electron chi connectivity index (χ1n) is 8.15. The van der Waals surface area contributed by atoms with Gasteiger partial charge in [0.15, 0.2) is 0 Å². The minimum absolute atomic E-state index is 0.184. The summed E-state index contributed by atoms with van der Waals surface area (Å²) in [5, 5.41) is 3.76. The first-order valence-corrected chi connectivity index (χ1v) is 8.15. The van der Waals surface area contributed by atoms with Crippen molar-refractivity contribution in [1.82, 2.24) is 10.2 Å². The summed E-state index contributed by atoms with van der Waals surface area (Å²) in [6.45, 7) is 3.27. The van der Waals surface area contributed by atoms with Crippen LogP contribution in [-0.2, 0) is 0 Å². The van der Waals surface area contributed by atoms with Crippen LogP contribution < -0.4 is 5.32 Å². The maximum atomic E-state index is 5.77. The molecule has 0 amide bonds. The molecule has 1 fully saturated rings. The lowest BCUT2D eigenvalue weighted by Gasteiger charge is -2.45. The Kier molecular flexibility index (Phi) is 5.67. The molecule has 0 aromatic carbocycles. The average molecular weight is 278 g/mol. The normalized spacial score (nSPS) is 20.8. The zero-order valence-electron chi connectivity index (χ0n) is 13.3. The SMILES string of the molecule is CCCNC(c1ccco1)C1(N(C)C)CCCCCC1. The lowest BCUT2D eigenvalue weighted by Crippen LogP contribution is -2.53. The molecule has 1 unspecified atom stereocenters. The average Bonchev–Trinajstić information content (AvgIpc) is 2.84. The third kappa shape index (κ3) is 3.26. The molecule has 1 aromatic rings. The Labute approximate surface area is 123 Å². The van der Waals surface area contributed by atoms with Crippen molar-refractivity contribution in [3.8, 4) is 0 Å². The van der Waals surface area contributed by atoms with Crippen molar-refractivity contribution in [3.05, 3.63) is 24.2 Å². The Hall–Kier alpha value is -0.800. The molecule has 0 bridgehead atoms. The molecule has 1 heterocycles. The summed E-state index contributed by atoms with van der Waals surface area (Å²) in [5.74, 6) is 1.09. The Morgan fingerprint density at radius 1 is 1.25 bits per heavy atom. The first kappa shape index (κ1) is 15.6. The van der Waals surface area contributed by atoms with Crippen LogP contribution >= 0.6 is 0 Å². The first-order chi connectivity index (χ1) is 9.70. The molecule has 0 spiro atoms. The molecule has 114 valence electrons. The molecular weight excluding hydrogens is 248 g/mol. The fourth-order valence-electron chi connectivity index (χ4n) is 3.63. The molecule has 0 saturated heterocycles. The van der Waals surface area contributed by atoms with Crippen LogP contribution in [0, 0.1) is 0 Å². The number of hydrogen-bond donors (Lipinski definition) is 1. The summed E-state index contributed by atoms with van der Waals surface area (Å²) in [7, 11) is 4.46. The third-order valence-corrected chi connectivity index (χ3v) is 4.82. The minimum Gasteiger partial charge on any atom is -0.468 e. The van der Waals surface area contributed by atoms with Gasteiger partial charge in [-0.3, -0.25) is 0 Å². The van der Waals surface area contributed by atoms with Crippen molar-refractivity contribution in [3.63, 3.8) is 0 Å². The second-order valence-electron chi connectivity index (χ2n) is 6.31. The Morgan fingerprint density at radius 2 is 1.95 bits per heavy atom. The van der Waals surface area contributed by atoms with E-state index in [1.807, 2.05) is 6.07 Å². The summed E-state index contributed by atoms with van der Waals surface area (Å²) >= 11 is 0. The van der Waals surface area contributed by atoms with Crippen LogP contribution in [0.2, 0.25) is 0 Å². The molecule has 1 saturated carbocycles. The summed E-state index contributed by atoms with van der Waals surface area (Å²) < 4.78 is 5.77. The quantitative estimate of drug-likeness (QED) is 0.798. The van der Waals surface area contributed by atoms with E-state index in [1.54, 1.807) is 6.26 Å². The van der Waals surface area contributed by atoms with Crippen molar-refractivity contribution in [2.75, 3.05) is 20.6 Å². The van der Waals surface area contributed by atoms with Gasteiger partial charge in [-0.1, -0.05) is 32.6 Å². The van der Waals surface area contributed by atoms with Gasteiger partial charge in [-0.25, -0.2) is 0 Å². The predicted octanol–water partition coefficient (Wildman–Crippen LogP) is 3.97. The second-order valence-corrected chi connectivity index (χ2v) is 6.31. The van der Waals surface area contributed by atoms with Crippen molar-refractivity contribution in [2.45, 2.75) is 63.5 Å². The number of furan rings is 1. The van der Waals surface area contributed by atoms with E-state index in [0.29, 0.717) is 6.04 Å². The van der Waals surface area contributed by atoms with Crippen LogP contribution in [0.1, 0.15) is 63.7 Å². The van der Waals surface area contributed by atoms with Gasteiger partial charge in [0.2, 0.25) is 0 Å².